The Morgan fingerprint density at radius 1 is 1.64 bits per heavy atom. The quantitative estimate of drug-likeness (QED) is 0.701. The summed E-state index contributed by atoms with van der Waals surface area (Å²) in [4.78, 5) is 13.1. The minimum atomic E-state index is 0.0118. The maximum atomic E-state index is 11.3. The number of hydrogen-bond donors (Lipinski definition) is 1. The van der Waals surface area contributed by atoms with Crippen LogP contribution in [0.15, 0.2) is 23.1 Å². The highest BCUT2D eigenvalue weighted by atomic mass is 16.5. The monoisotopic (exact) mass is 191 g/mol. The van der Waals surface area contributed by atoms with E-state index in [0.717, 1.165) is 17.7 Å². The smallest absolute Gasteiger partial charge is 0.318 e. The third kappa shape index (κ3) is 1.02. The van der Waals surface area contributed by atoms with E-state index in [1.165, 1.54) is 0 Å². The molecule has 2 aliphatic rings. The summed E-state index contributed by atoms with van der Waals surface area (Å²) in [6, 6.07) is 0.152. The normalized spacial score (nSPS) is 24.9. The molecule has 1 fully saturated rings. The van der Waals surface area contributed by atoms with Gasteiger partial charge in [-0.1, -0.05) is 11.2 Å². The first kappa shape index (κ1) is 7.61. The zero-order chi connectivity index (χ0) is 9.54. The molecule has 1 atom stereocenters. The summed E-state index contributed by atoms with van der Waals surface area (Å²) in [6.07, 6.45) is 5.33. The van der Waals surface area contributed by atoms with Gasteiger partial charge in [-0.05, 0) is 5.57 Å². The molecule has 2 aliphatic heterocycles. The molecule has 72 valence electrons. The molecule has 2 bridgehead atoms. The molecule has 3 heterocycles. The van der Waals surface area contributed by atoms with Gasteiger partial charge in [-0.2, -0.15) is 0 Å². The fraction of sp³-hybridized carbons (Fsp3) is 0.333. The number of urea groups is 1. The van der Waals surface area contributed by atoms with Crippen LogP contribution in [0.25, 0.3) is 5.57 Å². The van der Waals surface area contributed by atoms with E-state index in [1.807, 2.05) is 0 Å². The predicted molar refractivity (Wildman–Crippen MR) is 48.4 cm³/mol. The fourth-order valence-electron chi connectivity index (χ4n) is 1.90. The van der Waals surface area contributed by atoms with Crippen molar-refractivity contribution in [2.75, 3.05) is 13.1 Å². The van der Waals surface area contributed by atoms with Crippen molar-refractivity contribution < 1.29 is 9.32 Å². The maximum Gasteiger partial charge on any atom is 0.318 e. The molecule has 14 heavy (non-hydrogen) atoms. The van der Waals surface area contributed by atoms with Crippen molar-refractivity contribution in [3.8, 4) is 0 Å². The summed E-state index contributed by atoms with van der Waals surface area (Å²) < 4.78 is 4.77. The van der Waals surface area contributed by atoms with Gasteiger partial charge in [-0.3, -0.25) is 0 Å². The van der Waals surface area contributed by atoms with Crippen LogP contribution in [0.2, 0.25) is 0 Å². The maximum absolute atomic E-state index is 11.3. The van der Waals surface area contributed by atoms with Gasteiger partial charge in [0.25, 0.3) is 0 Å². The standard InChI is InChI=1S/C9H9N3O2/c13-9-11-8-1-6(3-12(9)4-8)7-2-10-14-5-7/h1-2,5,8H,3-4H2,(H,11,13). The summed E-state index contributed by atoms with van der Waals surface area (Å²) in [7, 11) is 0. The van der Waals surface area contributed by atoms with Gasteiger partial charge in [0, 0.05) is 18.7 Å². The summed E-state index contributed by atoms with van der Waals surface area (Å²) in [5, 5.41) is 6.51. The third-order valence-corrected chi connectivity index (χ3v) is 2.58. The molecule has 0 spiro atoms. The summed E-state index contributed by atoms with van der Waals surface area (Å²) >= 11 is 0. The van der Waals surface area contributed by atoms with E-state index < -0.39 is 0 Å². The van der Waals surface area contributed by atoms with Crippen LogP contribution in [-0.2, 0) is 0 Å². The number of nitrogens with zero attached hydrogens (tertiary/aromatic N) is 2. The highest BCUT2D eigenvalue weighted by Gasteiger charge is 2.32. The van der Waals surface area contributed by atoms with Gasteiger partial charge in [0.1, 0.15) is 6.26 Å². The minimum absolute atomic E-state index is 0.0118. The lowest BCUT2D eigenvalue weighted by atomic mass is 10.0. The molecular weight excluding hydrogens is 182 g/mol. The molecule has 0 saturated carbocycles. The lowest BCUT2D eigenvalue weighted by Gasteiger charge is -2.19. The molecule has 0 aromatic carbocycles. The van der Waals surface area contributed by atoms with Crippen molar-refractivity contribution >= 4 is 11.6 Å². The lowest BCUT2D eigenvalue weighted by molar-refractivity contribution is 0.222. The van der Waals surface area contributed by atoms with Crippen LogP contribution in [0.4, 0.5) is 4.79 Å². The van der Waals surface area contributed by atoms with E-state index in [1.54, 1.807) is 17.4 Å². The van der Waals surface area contributed by atoms with E-state index >= 15 is 0 Å². The summed E-state index contributed by atoms with van der Waals surface area (Å²) in [5.74, 6) is 0. The Bertz CT molecular complexity index is 396. The zero-order valence-corrected chi connectivity index (χ0v) is 7.43. The molecule has 1 aromatic heterocycles. The number of aromatic nitrogens is 1. The number of carbonyl (C=O) groups excluding carboxylic acids is 1. The van der Waals surface area contributed by atoms with Crippen molar-refractivity contribution in [2.45, 2.75) is 6.04 Å². The highest BCUT2D eigenvalue weighted by molar-refractivity contribution is 5.83. The topological polar surface area (TPSA) is 58.4 Å². The van der Waals surface area contributed by atoms with Crippen LogP contribution in [0, 0.1) is 0 Å². The number of carbonyl (C=O) groups is 1. The molecule has 5 nitrogen and oxygen atoms in total. The average Bonchev–Trinajstić information content (AvgIpc) is 2.76. The van der Waals surface area contributed by atoms with Crippen molar-refractivity contribution in [3.05, 3.63) is 24.1 Å². The first-order valence-electron chi connectivity index (χ1n) is 4.49. The van der Waals surface area contributed by atoms with E-state index in [-0.39, 0.29) is 12.1 Å². The SMILES string of the molecule is O=C1NC2C=C(c3cnoc3)CN1C2. The van der Waals surface area contributed by atoms with Crippen LogP contribution in [0.3, 0.4) is 0 Å². The molecule has 0 aliphatic carbocycles. The van der Waals surface area contributed by atoms with Crippen LogP contribution in [0.1, 0.15) is 5.56 Å². The van der Waals surface area contributed by atoms with Crippen molar-refractivity contribution in [3.63, 3.8) is 0 Å². The number of nitrogens with one attached hydrogen (secondary N) is 1. The van der Waals surface area contributed by atoms with Gasteiger partial charge < -0.3 is 14.7 Å². The average molecular weight is 191 g/mol. The second-order valence-electron chi connectivity index (χ2n) is 3.54. The molecule has 2 amide bonds. The van der Waals surface area contributed by atoms with Gasteiger partial charge in [0.2, 0.25) is 0 Å². The van der Waals surface area contributed by atoms with Crippen LogP contribution >= 0.6 is 0 Å². The Labute approximate surface area is 80.4 Å². The first-order chi connectivity index (χ1) is 6.83. The van der Waals surface area contributed by atoms with Gasteiger partial charge in [-0.15, -0.1) is 0 Å². The molecule has 1 saturated heterocycles. The van der Waals surface area contributed by atoms with Crippen molar-refractivity contribution in [1.29, 1.82) is 0 Å². The molecule has 0 radical (unpaired) electrons. The van der Waals surface area contributed by atoms with Gasteiger partial charge in [0.15, 0.2) is 0 Å². The van der Waals surface area contributed by atoms with E-state index in [0.29, 0.717) is 6.54 Å². The molecule has 3 rings (SSSR count). The van der Waals surface area contributed by atoms with Gasteiger partial charge >= 0.3 is 6.03 Å². The number of amides is 2. The zero-order valence-electron chi connectivity index (χ0n) is 7.43. The van der Waals surface area contributed by atoms with Crippen LogP contribution in [0.5, 0.6) is 0 Å². The Morgan fingerprint density at radius 3 is 3.29 bits per heavy atom. The van der Waals surface area contributed by atoms with E-state index in [2.05, 4.69) is 16.5 Å². The van der Waals surface area contributed by atoms with Crippen LogP contribution in [-0.4, -0.2) is 35.2 Å². The van der Waals surface area contributed by atoms with Gasteiger partial charge in [0.05, 0.1) is 12.2 Å². The van der Waals surface area contributed by atoms with Crippen molar-refractivity contribution in [2.24, 2.45) is 0 Å². The van der Waals surface area contributed by atoms with Crippen molar-refractivity contribution in [1.82, 2.24) is 15.4 Å². The number of fused-ring (bicyclic) bond motifs is 2. The molecule has 1 aromatic rings. The Hall–Kier alpha value is -1.78. The number of rotatable bonds is 1. The van der Waals surface area contributed by atoms with Crippen LogP contribution < -0.4 is 5.32 Å². The predicted octanol–water partition coefficient (Wildman–Crippen LogP) is 0.465. The second kappa shape index (κ2) is 2.60. The van der Waals surface area contributed by atoms with Gasteiger partial charge in [-0.25, -0.2) is 4.79 Å². The summed E-state index contributed by atoms with van der Waals surface area (Å²) in [5.41, 5.74) is 2.05. The molecule has 1 N–H and O–H groups in total. The highest BCUT2D eigenvalue weighted by Crippen LogP contribution is 2.23. The lowest BCUT2D eigenvalue weighted by Crippen LogP contribution is -2.29. The number of hydrogen-bond acceptors (Lipinski definition) is 3. The summed E-state index contributed by atoms with van der Waals surface area (Å²) in [6.45, 7) is 1.41. The second-order valence-corrected chi connectivity index (χ2v) is 3.54. The van der Waals surface area contributed by atoms with E-state index in [4.69, 9.17) is 4.52 Å². The Balaban J connectivity index is 1.94. The molecular formula is C9H9N3O2. The first-order valence-corrected chi connectivity index (χ1v) is 4.49. The Morgan fingerprint density at radius 2 is 2.57 bits per heavy atom. The Kier molecular flexibility index (Phi) is 1.41. The van der Waals surface area contributed by atoms with E-state index in [9.17, 15) is 4.79 Å². The minimum Gasteiger partial charge on any atom is -0.364 e. The fourth-order valence-corrected chi connectivity index (χ4v) is 1.90. The molecule has 1 unspecified atom stereocenters. The largest absolute Gasteiger partial charge is 0.364 e. The third-order valence-electron chi connectivity index (χ3n) is 2.58. The molecule has 5 heteroatoms.